The van der Waals surface area contributed by atoms with E-state index in [4.69, 9.17) is 4.74 Å². The molecule has 1 aromatic carbocycles. The molecule has 6 nitrogen and oxygen atoms in total. The normalized spacial score (nSPS) is 10.6. The lowest BCUT2D eigenvalue weighted by atomic mass is 10.2. The number of methoxy groups -OCH3 is 1. The number of aromatic nitrogens is 2. The van der Waals surface area contributed by atoms with Crippen LogP contribution in [0.25, 0.3) is 5.69 Å². The molecule has 7 heteroatoms. The summed E-state index contributed by atoms with van der Waals surface area (Å²) in [6.07, 6.45) is 0. The Bertz CT molecular complexity index is 951. The molecule has 1 N–H and O–H groups in total. The van der Waals surface area contributed by atoms with Crippen LogP contribution in [0, 0.1) is 20.8 Å². The molecular weight excluding hydrogens is 350 g/mol. The van der Waals surface area contributed by atoms with Crippen molar-refractivity contribution in [1.82, 2.24) is 9.55 Å². The molecule has 26 heavy (non-hydrogen) atoms. The number of hydrogen-bond acceptors (Lipinski definition) is 5. The standard InChI is InChI=1S/C19H19N3O3S/c1-11-5-6-12(2)22(11)15-9-7-14(8-10-15)17(23)21-19-20-13(3)16(26-19)18(24)25-4/h5-10H,1-4H3,(H,20,21,23). The van der Waals surface area contributed by atoms with Crippen molar-refractivity contribution in [3.8, 4) is 5.69 Å². The fourth-order valence-electron chi connectivity index (χ4n) is 2.74. The van der Waals surface area contributed by atoms with Crippen LogP contribution >= 0.6 is 11.3 Å². The van der Waals surface area contributed by atoms with Gasteiger partial charge in [-0.25, -0.2) is 9.78 Å². The van der Waals surface area contributed by atoms with Crippen molar-refractivity contribution >= 4 is 28.3 Å². The maximum Gasteiger partial charge on any atom is 0.350 e. The smallest absolute Gasteiger partial charge is 0.350 e. The predicted octanol–water partition coefficient (Wildman–Crippen LogP) is 3.90. The van der Waals surface area contributed by atoms with Crippen molar-refractivity contribution in [1.29, 1.82) is 0 Å². The molecule has 0 aliphatic carbocycles. The van der Waals surface area contributed by atoms with Gasteiger partial charge < -0.3 is 9.30 Å². The van der Waals surface area contributed by atoms with Crippen LogP contribution in [0.4, 0.5) is 5.13 Å². The monoisotopic (exact) mass is 369 g/mol. The van der Waals surface area contributed by atoms with E-state index in [1.165, 1.54) is 7.11 Å². The van der Waals surface area contributed by atoms with Crippen LogP contribution in [0.3, 0.4) is 0 Å². The number of esters is 1. The lowest BCUT2D eigenvalue weighted by molar-refractivity contribution is 0.0605. The molecular formula is C19H19N3O3S. The molecule has 3 rings (SSSR count). The van der Waals surface area contributed by atoms with Crippen LogP contribution in [-0.2, 0) is 4.74 Å². The second-order valence-electron chi connectivity index (χ2n) is 5.88. The molecule has 1 amide bonds. The fourth-order valence-corrected chi connectivity index (χ4v) is 3.62. The van der Waals surface area contributed by atoms with Crippen molar-refractivity contribution in [2.45, 2.75) is 20.8 Å². The lowest BCUT2D eigenvalue weighted by Gasteiger charge is -2.10. The Balaban J connectivity index is 1.78. The molecule has 0 aliphatic rings. The molecule has 0 saturated carbocycles. The highest BCUT2D eigenvalue weighted by Gasteiger charge is 2.17. The number of benzene rings is 1. The maximum atomic E-state index is 12.4. The second kappa shape index (κ2) is 7.13. The number of ether oxygens (including phenoxy) is 1. The first-order chi connectivity index (χ1) is 12.4. The predicted molar refractivity (Wildman–Crippen MR) is 101 cm³/mol. The highest BCUT2D eigenvalue weighted by molar-refractivity contribution is 7.17. The van der Waals surface area contributed by atoms with Gasteiger partial charge in [0.2, 0.25) is 0 Å². The van der Waals surface area contributed by atoms with Crippen LogP contribution in [0.2, 0.25) is 0 Å². The molecule has 0 fully saturated rings. The molecule has 0 bridgehead atoms. The number of carbonyl (C=O) groups excluding carboxylic acids is 2. The molecule has 2 aromatic heterocycles. The molecule has 3 aromatic rings. The number of amides is 1. The van der Waals surface area contributed by atoms with E-state index in [2.05, 4.69) is 27.0 Å². The van der Waals surface area contributed by atoms with Gasteiger partial charge in [-0.1, -0.05) is 11.3 Å². The summed E-state index contributed by atoms with van der Waals surface area (Å²) in [6, 6.07) is 11.5. The minimum Gasteiger partial charge on any atom is -0.465 e. The summed E-state index contributed by atoms with van der Waals surface area (Å²) in [5, 5.41) is 3.10. The third-order valence-electron chi connectivity index (χ3n) is 4.05. The van der Waals surface area contributed by atoms with Gasteiger partial charge in [0, 0.05) is 22.6 Å². The van der Waals surface area contributed by atoms with E-state index in [1.807, 2.05) is 26.0 Å². The molecule has 134 valence electrons. The highest BCUT2D eigenvalue weighted by Crippen LogP contribution is 2.24. The van der Waals surface area contributed by atoms with Crippen LogP contribution in [0.15, 0.2) is 36.4 Å². The first-order valence-corrected chi connectivity index (χ1v) is 8.85. The van der Waals surface area contributed by atoms with Crippen molar-refractivity contribution in [2.24, 2.45) is 0 Å². The second-order valence-corrected chi connectivity index (χ2v) is 6.88. The Kier molecular flexibility index (Phi) is 4.90. The van der Waals surface area contributed by atoms with Gasteiger partial charge >= 0.3 is 5.97 Å². The van der Waals surface area contributed by atoms with E-state index >= 15 is 0 Å². The first kappa shape index (κ1) is 17.9. The topological polar surface area (TPSA) is 73.2 Å². The number of rotatable bonds is 4. The van der Waals surface area contributed by atoms with Gasteiger partial charge in [0.05, 0.1) is 12.8 Å². The van der Waals surface area contributed by atoms with E-state index in [-0.39, 0.29) is 5.91 Å². The highest BCUT2D eigenvalue weighted by atomic mass is 32.1. The maximum absolute atomic E-state index is 12.4. The molecule has 2 heterocycles. The van der Waals surface area contributed by atoms with Crippen LogP contribution in [0.5, 0.6) is 0 Å². The van der Waals surface area contributed by atoms with Crippen molar-refractivity contribution in [2.75, 3.05) is 12.4 Å². The summed E-state index contributed by atoms with van der Waals surface area (Å²) in [4.78, 5) is 28.7. The van der Waals surface area contributed by atoms with Gasteiger partial charge in [0.1, 0.15) is 4.88 Å². The third-order valence-corrected chi connectivity index (χ3v) is 5.10. The summed E-state index contributed by atoms with van der Waals surface area (Å²) in [6.45, 7) is 5.78. The van der Waals surface area contributed by atoms with Gasteiger partial charge in [0.25, 0.3) is 5.91 Å². The van der Waals surface area contributed by atoms with E-state index in [1.54, 1.807) is 19.1 Å². The van der Waals surface area contributed by atoms with Gasteiger partial charge in [0.15, 0.2) is 5.13 Å². The SMILES string of the molecule is COC(=O)c1sc(NC(=O)c2ccc(-n3c(C)ccc3C)cc2)nc1C. The molecule has 0 spiro atoms. The number of carbonyl (C=O) groups is 2. The average Bonchev–Trinajstić information content (AvgIpc) is 3.16. The average molecular weight is 369 g/mol. The molecule has 0 radical (unpaired) electrons. The minimum absolute atomic E-state index is 0.275. The minimum atomic E-state index is -0.456. The number of aryl methyl sites for hydroxylation is 3. The van der Waals surface area contributed by atoms with Crippen molar-refractivity contribution < 1.29 is 14.3 Å². The van der Waals surface area contributed by atoms with Crippen molar-refractivity contribution in [3.05, 3.63) is 63.9 Å². The van der Waals surface area contributed by atoms with Crippen LogP contribution < -0.4 is 5.32 Å². The fraction of sp³-hybridized carbons (Fsp3) is 0.211. The molecule has 0 saturated heterocycles. The van der Waals surface area contributed by atoms with Crippen molar-refractivity contribution in [3.63, 3.8) is 0 Å². The Morgan fingerprint density at radius 2 is 1.65 bits per heavy atom. The Labute approximate surface area is 155 Å². The first-order valence-electron chi connectivity index (χ1n) is 8.03. The summed E-state index contributed by atoms with van der Waals surface area (Å²) in [7, 11) is 1.31. The lowest BCUT2D eigenvalue weighted by Crippen LogP contribution is -2.11. The summed E-state index contributed by atoms with van der Waals surface area (Å²) < 4.78 is 6.82. The number of hydrogen-bond donors (Lipinski definition) is 1. The largest absolute Gasteiger partial charge is 0.465 e. The number of nitrogens with one attached hydrogen (secondary N) is 1. The third kappa shape index (κ3) is 3.39. The van der Waals surface area contributed by atoms with E-state index in [0.717, 1.165) is 28.4 Å². The molecule has 0 unspecified atom stereocenters. The Hall–Kier alpha value is -2.93. The van der Waals surface area contributed by atoms with E-state index in [0.29, 0.717) is 21.3 Å². The van der Waals surface area contributed by atoms with Gasteiger partial charge in [-0.15, -0.1) is 0 Å². The molecule has 0 atom stereocenters. The van der Waals surface area contributed by atoms with Crippen LogP contribution in [-0.4, -0.2) is 28.5 Å². The number of anilines is 1. The van der Waals surface area contributed by atoms with Gasteiger partial charge in [-0.2, -0.15) is 0 Å². The molecule has 0 aliphatic heterocycles. The van der Waals surface area contributed by atoms with E-state index in [9.17, 15) is 9.59 Å². The Morgan fingerprint density at radius 1 is 1.04 bits per heavy atom. The zero-order chi connectivity index (χ0) is 18.8. The summed E-state index contributed by atoms with van der Waals surface area (Å²) in [5.41, 5.74) is 4.32. The zero-order valence-electron chi connectivity index (χ0n) is 15.0. The summed E-state index contributed by atoms with van der Waals surface area (Å²) >= 11 is 1.10. The quantitative estimate of drug-likeness (QED) is 0.708. The number of nitrogens with zero attached hydrogens (tertiary/aromatic N) is 2. The Morgan fingerprint density at radius 3 is 2.23 bits per heavy atom. The zero-order valence-corrected chi connectivity index (χ0v) is 15.8. The van der Waals surface area contributed by atoms with E-state index < -0.39 is 5.97 Å². The summed E-state index contributed by atoms with van der Waals surface area (Å²) in [5.74, 6) is -0.732. The van der Waals surface area contributed by atoms with Gasteiger partial charge in [-0.05, 0) is 57.2 Å². The van der Waals surface area contributed by atoms with Crippen LogP contribution in [0.1, 0.15) is 37.1 Å². The van der Waals surface area contributed by atoms with Gasteiger partial charge in [-0.3, -0.25) is 10.1 Å². The number of thiazole rings is 1.